The van der Waals surface area contributed by atoms with Gasteiger partial charge >= 0.3 is 12.1 Å². The van der Waals surface area contributed by atoms with Crippen LogP contribution in [0.2, 0.25) is 0 Å². The summed E-state index contributed by atoms with van der Waals surface area (Å²) in [6.07, 6.45) is -3.93. The van der Waals surface area contributed by atoms with Crippen molar-refractivity contribution in [3.63, 3.8) is 0 Å². The van der Waals surface area contributed by atoms with Crippen LogP contribution >= 0.6 is 11.8 Å². The summed E-state index contributed by atoms with van der Waals surface area (Å²) in [5.74, 6) is -1.61. The van der Waals surface area contributed by atoms with Crippen LogP contribution in [0.15, 0.2) is 33.7 Å². The number of hydrogen-bond acceptors (Lipinski definition) is 5. The molecule has 0 bridgehead atoms. The summed E-state index contributed by atoms with van der Waals surface area (Å²) in [6.45, 7) is 0.156. The topological polar surface area (TPSA) is 68.0 Å². The van der Waals surface area contributed by atoms with Gasteiger partial charge in [-0.3, -0.25) is 4.79 Å². The Morgan fingerprint density at radius 1 is 1.39 bits per heavy atom. The molecule has 1 aromatic carbocycles. The molecule has 1 aliphatic heterocycles. The number of halogens is 3. The quantitative estimate of drug-likeness (QED) is 0.924. The Bertz CT molecular complexity index is 692. The molecule has 1 aromatic heterocycles. The highest BCUT2D eigenvalue weighted by atomic mass is 32.2. The first kappa shape index (κ1) is 15.9. The summed E-state index contributed by atoms with van der Waals surface area (Å²) in [4.78, 5) is 16.4. The Labute approximate surface area is 133 Å². The summed E-state index contributed by atoms with van der Waals surface area (Å²) in [5, 5.41) is 5.72. The Hall–Kier alpha value is -2.03. The number of benzene rings is 1. The fraction of sp³-hybridized carbons (Fsp3) is 0.357. The fourth-order valence-electron chi connectivity index (χ4n) is 2.21. The van der Waals surface area contributed by atoms with E-state index in [4.69, 9.17) is 0 Å². The van der Waals surface area contributed by atoms with Crippen LogP contribution in [0.4, 0.5) is 13.2 Å². The van der Waals surface area contributed by atoms with Crippen molar-refractivity contribution in [2.75, 3.05) is 6.54 Å². The normalized spacial score (nSPS) is 17.1. The molecule has 0 aliphatic carbocycles. The zero-order valence-corrected chi connectivity index (χ0v) is 12.6. The van der Waals surface area contributed by atoms with E-state index in [9.17, 15) is 18.0 Å². The van der Waals surface area contributed by atoms with Crippen molar-refractivity contribution >= 4 is 17.7 Å². The highest BCUT2D eigenvalue weighted by Crippen LogP contribution is 2.36. The summed E-state index contributed by atoms with van der Waals surface area (Å²) in [7, 11) is 0. The molecular weight excluding hydrogens is 331 g/mol. The maximum Gasteiger partial charge on any atom is 0.471 e. The third-order valence-electron chi connectivity index (χ3n) is 3.30. The van der Waals surface area contributed by atoms with Gasteiger partial charge in [-0.1, -0.05) is 23.4 Å². The lowest BCUT2D eigenvalue weighted by molar-refractivity contribution is -0.159. The largest absolute Gasteiger partial charge is 0.471 e. The lowest BCUT2D eigenvalue weighted by Crippen LogP contribution is -2.34. The monoisotopic (exact) mass is 343 g/mol. The molecule has 0 unspecified atom stereocenters. The Morgan fingerprint density at radius 3 is 2.87 bits per heavy atom. The van der Waals surface area contributed by atoms with Gasteiger partial charge in [0.15, 0.2) is 5.82 Å². The molecule has 0 saturated heterocycles. The molecule has 0 saturated carbocycles. The predicted octanol–water partition coefficient (Wildman–Crippen LogP) is 2.46. The van der Waals surface area contributed by atoms with Gasteiger partial charge in [0, 0.05) is 17.9 Å². The molecule has 1 aliphatic rings. The minimum atomic E-state index is -4.65. The number of aromatic nitrogens is 2. The maximum absolute atomic E-state index is 12.3. The van der Waals surface area contributed by atoms with E-state index >= 15 is 0 Å². The number of nitrogens with zero attached hydrogens (tertiary/aromatic N) is 2. The lowest BCUT2D eigenvalue weighted by atomic mass is 10.1. The molecular formula is C14H12F3N3O2S. The van der Waals surface area contributed by atoms with Gasteiger partial charge < -0.3 is 9.84 Å². The first-order chi connectivity index (χ1) is 10.9. The second-order valence-corrected chi connectivity index (χ2v) is 6.22. The number of carbonyl (C=O) groups excluding carboxylic acids is 1. The first-order valence-electron chi connectivity index (χ1n) is 6.85. The summed E-state index contributed by atoms with van der Waals surface area (Å²) in [6, 6.07) is 7.79. The third-order valence-corrected chi connectivity index (χ3v) is 4.62. The van der Waals surface area contributed by atoms with Gasteiger partial charge in [-0.05, 0) is 18.1 Å². The standard InChI is InChI=1S/C14H12F3N3O2S/c15-14(16,17)13-19-11(20-22-13)5-6-18-12(21)10-7-8-3-1-2-4-9(8)23-10/h1-4,10H,5-7H2,(H,18,21)/t10-/m0/s1. The summed E-state index contributed by atoms with van der Waals surface area (Å²) < 4.78 is 41.1. The summed E-state index contributed by atoms with van der Waals surface area (Å²) >= 11 is 1.49. The van der Waals surface area contributed by atoms with Crippen LogP contribution in [0.3, 0.4) is 0 Å². The number of nitrogens with one attached hydrogen (secondary N) is 1. The molecule has 0 fully saturated rings. The fourth-order valence-corrected chi connectivity index (χ4v) is 3.43. The molecule has 2 aromatic rings. The van der Waals surface area contributed by atoms with Gasteiger partial charge in [0.1, 0.15) is 0 Å². The highest BCUT2D eigenvalue weighted by Gasteiger charge is 2.38. The van der Waals surface area contributed by atoms with E-state index in [1.165, 1.54) is 11.8 Å². The molecule has 23 heavy (non-hydrogen) atoms. The molecule has 9 heteroatoms. The van der Waals surface area contributed by atoms with Crippen molar-refractivity contribution in [3.8, 4) is 0 Å². The van der Waals surface area contributed by atoms with Crippen LogP contribution in [0.5, 0.6) is 0 Å². The molecule has 1 N–H and O–H groups in total. The van der Waals surface area contributed by atoms with Gasteiger partial charge in [0.05, 0.1) is 5.25 Å². The summed E-state index contributed by atoms with van der Waals surface area (Å²) in [5.41, 5.74) is 1.13. The van der Waals surface area contributed by atoms with E-state index in [1.807, 2.05) is 24.3 Å². The average Bonchev–Trinajstić information content (AvgIpc) is 3.13. The zero-order chi connectivity index (χ0) is 16.4. The first-order valence-corrected chi connectivity index (χ1v) is 7.73. The van der Waals surface area contributed by atoms with Crippen molar-refractivity contribution < 1.29 is 22.5 Å². The van der Waals surface area contributed by atoms with Crippen LogP contribution in [-0.2, 0) is 23.8 Å². The molecule has 122 valence electrons. The molecule has 5 nitrogen and oxygen atoms in total. The molecule has 0 radical (unpaired) electrons. The van der Waals surface area contributed by atoms with Crippen LogP contribution in [0, 0.1) is 0 Å². The van der Waals surface area contributed by atoms with Gasteiger partial charge in [-0.2, -0.15) is 18.2 Å². The number of carbonyl (C=O) groups is 1. The number of rotatable bonds is 4. The highest BCUT2D eigenvalue weighted by molar-refractivity contribution is 8.01. The van der Waals surface area contributed by atoms with Gasteiger partial charge in [-0.25, -0.2) is 0 Å². The SMILES string of the molecule is O=C(NCCc1noc(C(F)(F)F)n1)[C@@H]1Cc2ccccc2S1. The Kier molecular flexibility index (Phi) is 4.29. The Morgan fingerprint density at radius 2 is 2.17 bits per heavy atom. The van der Waals surface area contributed by atoms with Crippen LogP contribution in [-0.4, -0.2) is 27.8 Å². The van der Waals surface area contributed by atoms with Gasteiger partial charge in [0.25, 0.3) is 0 Å². The lowest BCUT2D eigenvalue weighted by Gasteiger charge is -2.08. The Balaban J connectivity index is 1.48. The number of amides is 1. The molecule has 0 spiro atoms. The minimum absolute atomic E-state index is 0.0790. The van der Waals surface area contributed by atoms with E-state index in [-0.39, 0.29) is 29.9 Å². The number of thioether (sulfide) groups is 1. The smallest absolute Gasteiger partial charge is 0.355 e. The zero-order valence-electron chi connectivity index (χ0n) is 11.8. The van der Waals surface area contributed by atoms with Crippen LogP contribution in [0.1, 0.15) is 17.3 Å². The predicted molar refractivity (Wildman–Crippen MR) is 75.8 cm³/mol. The van der Waals surface area contributed by atoms with Gasteiger partial charge in [0.2, 0.25) is 5.91 Å². The number of hydrogen-bond donors (Lipinski definition) is 1. The second-order valence-electron chi connectivity index (χ2n) is 4.97. The van der Waals surface area contributed by atoms with E-state index < -0.39 is 12.1 Å². The average molecular weight is 343 g/mol. The van der Waals surface area contributed by atoms with Crippen LogP contribution in [0.25, 0.3) is 0 Å². The van der Waals surface area contributed by atoms with E-state index in [0.29, 0.717) is 6.42 Å². The third kappa shape index (κ3) is 3.66. The van der Waals surface area contributed by atoms with Crippen molar-refractivity contribution in [2.45, 2.75) is 29.2 Å². The van der Waals surface area contributed by atoms with E-state index in [2.05, 4.69) is 20.0 Å². The van der Waals surface area contributed by atoms with E-state index in [0.717, 1.165) is 10.5 Å². The minimum Gasteiger partial charge on any atom is -0.355 e. The number of fused-ring (bicyclic) bond motifs is 1. The van der Waals surface area contributed by atoms with Crippen molar-refractivity contribution in [2.24, 2.45) is 0 Å². The molecule has 2 heterocycles. The van der Waals surface area contributed by atoms with Crippen molar-refractivity contribution in [1.29, 1.82) is 0 Å². The number of alkyl halides is 3. The maximum atomic E-state index is 12.3. The molecule has 1 amide bonds. The van der Waals surface area contributed by atoms with Crippen LogP contribution < -0.4 is 5.32 Å². The van der Waals surface area contributed by atoms with Gasteiger partial charge in [-0.15, -0.1) is 11.8 Å². The molecule has 3 rings (SSSR count). The van der Waals surface area contributed by atoms with Crippen molar-refractivity contribution in [3.05, 3.63) is 41.5 Å². The molecule has 1 atom stereocenters. The van der Waals surface area contributed by atoms with E-state index in [1.54, 1.807) is 0 Å². The van der Waals surface area contributed by atoms with Crippen molar-refractivity contribution in [1.82, 2.24) is 15.5 Å². The second kappa shape index (κ2) is 6.23.